The molecule has 2 amide bonds. The Labute approximate surface area is 69.9 Å². The van der Waals surface area contributed by atoms with Crippen molar-refractivity contribution in [2.75, 3.05) is 11.6 Å². The minimum Gasteiger partial charge on any atom is -0.370 e. The number of hydrogen-bond donors (Lipinski definition) is 2. The summed E-state index contributed by atoms with van der Waals surface area (Å²) in [6.45, 7) is 1.45. The molecule has 0 aliphatic heterocycles. The molecule has 0 aliphatic carbocycles. The van der Waals surface area contributed by atoms with E-state index in [2.05, 4.69) is 5.32 Å². The zero-order chi connectivity index (χ0) is 8.69. The molecule has 0 saturated carbocycles. The average molecular weight is 176 g/mol. The minimum atomic E-state index is -0.305. The molecule has 11 heavy (non-hydrogen) atoms. The molecule has 64 valence electrons. The number of nitrogens with two attached hydrogens (primary N) is 1. The van der Waals surface area contributed by atoms with Crippen LogP contribution in [0.5, 0.6) is 0 Å². The van der Waals surface area contributed by atoms with E-state index in [1.807, 2.05) is 0 Å². The van der Waals surface area contributed by atoms with Gasteiger partial charge in [0, 0.05) is 19.1 Å². The zero-order valence-electron chi connectivity index (χ0n) is 6.42. The second kappa shape index (κ2) is 6.03. The summed E-state index contributed by atoms with van der Waals surface area (Å²) in [5, 5.41) is 2.59. The molecule has 0 aromatic carbocycles. The van der Waals surface area contributed by atoms with E-state index in [0.717, 1.165) is 0 Å². The monoisotopic (exact) mass is 176 g/mol. The largest absolute Gasteiger partial charge is 0.370 e. The Bertz CT molecular complexity index is 134. The molecule has 0 atom stereocenters. The summed E-state index contributed by atoms with van der Waals surface area (Å²) in [7, 11) is 0. The van der Waals surface area contributed by atoms with Crippen LogP contribution in [0, 0.1) is 0 Å². The Kier molecular flexibility index (Phi) is 5.64. The van der Waals surface area contributed by atoms with Crippen LogP contribution >= 0.6 is 11.8 Å². The fourth-order valence-electron chi connectivity index (χ4n) is 0.398. The normalized spacial score (nSPS) is 9.18. The molecule has 0 fully saturated rings. The SMILES string of the molecule is CC(=O)NCSCCC(N)=O. The lowest BCUT2D eigenvalue weighted by Gasteiger charge is -1.99. The Morgan fingerprint density at radius 3 is 2.64 bits per heavy atom. The first-order valence-corrected chi connectivity index (χ1v) is 4.39. The number of nitrogens with one attached hydrogen (secondary N) is 1. The van der Waals surface area contributed by atoms with Crippen molar-refractivity contribution in [3.8, 4) is 0 Å². The Balaban J connectivity index is 3.03. The van der Waals surface area contributed by atoms with Gasteiger partial charge in [0.1, 0.15) is 0 Å². The molecule has 4 nitrogen and oxygen atoms in total. The predicted octanol–water partition coefficient (Wildman–Crippen LogP) is -0.311. The van der Waals surface area contributed by atoms with Crippen LogP contribution in [-0.4, -0.2) is 23.4 Å². The second-order valence-corrected chi connectivity index (χ2v) is 3.11. The summed E-state index contributed by atoms with van der Waals surface area (Å²) >= 11 is 1.48. The Morgan fingerprint density at radius 2 is 2.18 bits per heavy atom. The number of thioether (sulfide) groups is 1. The minimum absolute atomic E-state index is 0.0587. The van der Waals surface area contributed by atoms with Crippen LogP contribution < -0.4 is 11.1 Å². The molecular weight excluding hydrogens is 164 g/mol. The van der Waals surface area contributed by atoms with Gasteiger partial charge in [-0.15, -0.1) is 11.8 Å². The van der Waals surface area contributed by atoms with E-state index in [-0.39, 0.29) is 11.8 Å². The average Bonchev–Trinajstić information content (AvgIpc) is 1.85. The van der Waals surface area contributed by atoms with Crippen LogP contribution in [-0.2, 0) is 9.59 Å². The Hall–Kier alpha value is -0.710. The zero-order valence-corrected chi connectivity index (χ0v) is 7.24. The van der Waals surface area contributed by atoms with Gasteiger partial charge in [0.05, 0.1) is 5.88 Å². The highest BCUT2D eigenvalue weighted by molar-refractivity contribution is 7.99. The predicted molar refractivity (Wildman–Crippen MR) is 45.0 cm³/mol. The summed E-state index contributed by atoms with van der Waals surface area (Å²) in [6, 6.07) is 0. The number of rotatable bonds is 5. The molecule has 0 aromatic rings. The maximum absolute atomic E-state index is 10.3. The van der Waals surface area contributed by atoms with E-state index in [0.29, 0.717) is 18.1 Å². The van der Waals surface area contributed by atoms with Crippen molar-refractivity contribution in [2.45, 2.75) is 13.3 Å². The number of primary amides is 1. The maximum Gasteiger partial charge on any atom is 0.218 e. The molecular formula is C6H12N2O2S. The molecule has 0 unspecified atom stereocenters. The fraction of sp³-hybridized carbons (Fsp3) is 0.667. The molecule has 0 bridgehead atoms. The highest BCUT2D eigenvalue weighted by Crippen LogP contribution is 1.98. The topological polar surface area (TPSA) is 72.2 Å². The second-order valence-electron chi connectivity index (χ2n) is 2.00. The summed E-state index contributed by atoms with van der Waals surface area (Å²) in [5.74, 6) is 0.843. The van der Waals surface area contributed by atoms with Crippen molar-refractivity contribution in [2.24, 2.45) is 5.73 Å². The van der Waals surface area contributed by atoms with Gasteiger partial charge in [0.15, 0.2) is 0 Å². The summed E-state index contributed by atoms with van der Waals surface area (Å²) < 4.78 is 0. The van der Waals surface area contributed by atoms with Crippen LogP contribution in [0.2, 0.25) is 0 Å². The number of carbonyl (C=O) groups excluding carboxylic acids is 2. The van der Waals surface area contributed by atoms with E-state index in [9.17, 15) is 9.59 Å². The van der Waals surface area contributed by atoms with Crippen LogP contribution in [0.15, 0.2) is 0 Å². The van der Waals surface area contributed by atoms with Gasteiger partial charge in [-0.05, 0) is 0 Å². The van der Waals surface area contributed by atoms with Crippen molar-refractivity contribution in [1.82, 2.24) is 5.32 Å². The third kappa shape index (κ3) is 9.29. The first kappa shape index (κ1) is 10.3. The molecule has 3 N–H and O–H groups in total. The van der Waals surface area contributed by atoms with Crippen molar-refractivity contribution >= 4 is 23.6 Å². The van der Waals surface area contributed by atoms with Crippen LogP contribution in [0.3, 0.4) is 0 Å². The van der Waals surface area contributed by atoms with Crippen molar-refractivity contribution in [3.05, 3.63) is 0 Å². The van der Waals surface area contributed by atoms with E-state index in [1.165, 1.54) is 18.7 Å². The van der Waals surface area contributed by atoms with Gasteiger partial charge in [0.2, 0.25) is 11.8 Å². The highest BCUT2D eigenvalue weighted by Gasteiger charge is 1.94. The van der Waals surface area contributed by atoms with E-state index < -0.39 is 0 Å². The van der Waals surface area contributed by atoms with Gasteiger partial charge in [-0.3, -0.25) is 9.59 Å². The summed E-state index contributed by atoms with van der Waals surface area (Å²) in [5.41, 5.74) is 4.89. The molecule has 0 rings (SSSR count). The fourth-order valence-corrected chi connectivity index (χ4v) is 1.19. The van der Waals surface area contributed by atoms with Gasteiger partial charge < -0.3 is 11.1 Å². The molecule has 5 heteroatoms. The lowest BCUT2D eigenvalue weighted by Crippen LogP contribution is -2.19. The Morgan fingerprint density at radius 1 is 1.55 bits per heavy atom. The smallest absolute Gasteiger partial charge is 0.218 e. The lowest BCUT2D eigenvalue weighted by atomic mass is 10.5. The van der Waals surface area contributed by atoms with Crippen LogP contribution in [0.4, 0.5) is 0 Å². The standard InChI is InChI=1S/C6H12N2O2S/c1-5(9)8-4-11-3-2-6(7)10/h2-4H2,1H3,(H2,7,10)(H,8,9). The third-order valence-electron chi connectivity index (χ3n) is 0.916. The molecule has 0 radical (unpaired) electrons. The van der Waals surface area contributed by atoms with Crippen molar-refractivity contribution in [1.29, 1.82) is 0 Å². The molecule has 0 saturated heterocycles. The van der Waals surface area contributed by atoms with E-state index >= 15 is 0 Å². The summed E-state index contributed by atoms with van der Waals surface area (Å²) in [6.07, 6.45) is 0.365. The first-order chi connectivity index (χ1) is 5.13. The summed E-state index contributed by atoms with van der Waals surface area (Å²) in [4.78, 5) is 20.5. The number of amides is 2. The number of hydrogen-bond acceptors (Lipinski definition) is 3. The molecule has 0 spiro atoms. The first-order valence-electron chi connectivity index (χ1n) is 3.23. The van der Waals surface area contributed by atoms with Gasteiger partial charge in [-0.25, -0.2) is 0 Å². The molecule has 0 heterocycles. The number of carbonyl (C=O) groups is 2. The van der Waals surface area contributed by atoms with Crippen molar-refractivity contribution in [3.63, 3.8) is 0 Å². The van der Waals surface area contributed by atoms with Gasteiger partial charge in [-0.1, -0.05) is 0 Å². The van der Waals surface area contributed by atoms with Gasteiger partial charge in [-0.2, -0.15) is 0 Å². The quantitative estimate of drug-likeness (QED) is 0.446. The van der Waals surface area contributed by atoms with Crippen LogP contribution in [0.1, 0.15) is 13.3 Å². The van der Waals surface area contributed by atoms with E-state index in [1.54, 1.807) is 0 Å². The third-order valence-corrected chi connectivity index (χ3v) is 1.76. The van der Waals surface area contributed by atoms with Gasteiger partial charge >= 0.3 is 0 Å². The van der Waals surface area contributed by atoms with Gasteiger partial charge in [0.25, 0.3) is 0 Å². The maximum atomic E-state index is 10.3. The van der Waals surface area contributed by atoms with Crippen LogP contribution in [0.25, 0.3) is 0 Å². The van der Waals surface area contributed by atoms with E-state index in [4.69, 9.17) is 5.73 Å². The molecule has 0 aliphatic rings. The highest BCUT2D eigenvalue weighted by atomic mass is 32.2. The lowest BCUT2D eigenvalue weighted by molar-refractivity contribution is -0.119. The van der Waals surface area contributed by atoms with Crippen molar-refractivity contribution < 1.29 is 9.59 Å². The molecule has 0 aromatic heterocycles.